The number of sulfone groups is 1. The summed E-state index contributed by atoms with van der Waals surface area (Å²) in [6.07, 6.45) is 1.88. The van der Waals surface area contributed by atoms with E-state index >= 15 is 0 Å². The van der Waals surface area contributed by atoms with E-state index < -0.39 is 62.1 Å². The van der Waals surface area contributed by atoms with E-state index in [4.69, 9.17) is 19.0 Å². The van der Waals surface area contributed by atoms with Gasteiger partial charge in [0, 0.05) is 40.2 Å². The second-order valence-electron chi connectivity index (χ2n) is 16.7. The Morgan fingerprint density at radius 2 is 1.48 bits per heavy atom. The molecule has 6 aromatic rings. The topological polar surface area (TPSA) is 205 Å². The Balaban J connectivity index is 1.14. The molecule has 0 aliphatic carbocycles. The van der Waals surface area contributed by atoms with Crippen LogP contribution in [-0.4, -0.2) is 88.5 Å². The number of amides is 3. The summed E-state index contributed by atoms with van der Waals surface area (Å²) in [4.78, 5) is 72.3. The van der Waals surface area contributed by atoms with Crippen LogP contribution in [-0.2, 0) is 50.7 Å². The average Bonchev–Trinajstić information content (AvgIpc) is 3.81. The molecule has 3 amide bonds. The molecule has 1 saturated heterocycles. The Morgan fingerprint density at radius 3 is 2.04 bits per heavy atom. The van der Waals surface area contributed by atoms with Crippen LogP contribution in [0.5, 0.6) is 5.75 Å². The maximum Gasteiger partial charge on any atom is 0.413 e. The van der Waals surface area contributed by atoms with E-state index in [0.717, 1.165) is 16.2 Å². The molecular formula is C50H46N6O10S3. The summed E-state index contributed by atoms with van der Waals surface area (Å²) in [5.41, 5.74) is -0.0206. The molecular weight excluding hydrogens is 941 g/mol. The zero-order valence-electron chi connectivity index (χ0n) is 37.7. The first-order valence-electron chi connectivity index (χ1n) is 21.5. The third-order valence-corrected chi connectivity index (χ3v) is 14.6. The fourth-order valence-corrected chi connectivity index (χ4v) is 11.1. The standard InChI is InChI=1S/C50H46N6O10S3/c1-49(2,3)65-48(60)54-47-52-39(30-68-47)40(55-66-50(34-15-8-5-9-16-34,35-17-10-6-11-18-35)36-19-12-7-13-20-36)43(57)53-41-44(58)56-42(46(59)64-28-32-22-24-37(63-4)25-23-32)33(29-67-45(41)56)31-69(61,62)38-21-14-26-51-27-38/h5-27,30,41,45H,28-29,31H2,1-4H3,(H,53,57)(H,52,54,60)/b55-40-/t41?,45-/m1/s1. The monoisotopic (exact) mass is 986 g/mol. The van der Waals surface area contributed by atoms with Gasteiger partial charge in [0.2, 0.25) is 5.60 Å². The number of benzene rings is 4. The number of nitrogens with one attached hydrogen (secondary N) is 2. The summed E-state index contributed by atoms with van der Waals surface area (Å²) in [5, 5.41) is 10.7. The van der Waals surface area contributed by atoms with E-state index in [0.29, 0.717) is 28.0 Å². The van der Waals surface area contributed by atoms with Crippen molar-refractivity contribution >= 4 is 67.7 Å². The summed E-state index contributed by atoms with van der Waals surface area (Å²) < 4.78 is 43.7. The number of hydrogen-bond donors (Lipinski definition) is 2. The highest BCUT2D eigenvalue weighted by Gasteiger charge is 2.55. The Labute approximate surface area is 406 Å². The maximum absolute atomic E-state index is 14.8. The third-order valence-electron chi connectivity index (χ3n) is 10.8. The van der Waals surface area contributed by atoms with Crippen molar-refractivity contribution in [3.05, 3.63) is 184 Å². The highest BCUT2D eigenvalue weighted by atomic mass is 32.2. The van der Waals surface area contributed by atoms with Gasteiger partial charge in [0.05, 0.1) is 17.8 Å². The van der Waals surface area contributed by atoms with E-state index in [9.17, 15) is 27.6 Å². The van der Waals surface area contributed by atoms with Gasteiger partial charge >= 0.3 is 12.1 Å². The van der Waals surface area contributed by atoms with E-state index in [2.05, 4.69) is 25.8 Å². The number of carbonyl (C=O) groups is 4. The number of anilines is 1. The fourth-order valence-electron chi connectivity index (χ4n) is 7.60. The van der Waals surface area contributed by atoms with Crippen LogP contribution in [0.3, 0.4) is 0 Å². The molecule has 0 radical (unpaired) electrons. The lowest BCUT2D eigenvalue weighted by atomic mass is 9.80. The molecule has 2 N–H and O–H groups in total. The summed E-state index contributed by atoms with van der Waals surface area (Å²) in [6.45, 7) is 4.96. The summed E-state index contributed by atoms with van der Waals surface area (Å²) in [5.74, 6) is -2.51. The number of β-lactam (4-membered cyclic amide) rings is 1. The Kier molecular flexibility index (Phi) is 14.3. The van der Waals surface area contributed by atoms with Gasteiger partial charge in [0.25, 0.3) is 11.8 Å². The number of hydrogen-bond acceptors (Lipinski definition) is 15. The van der Waals surface area contributed by atoms with Gasteiger partial charge < -0.3 is 24.4 Å². The smallest absolute Gasteiger partial charge is 0.413 e. The highest BCUT2D eigenvalue weighted by molar-refractivity contribution is 8.00. The number of fused-ring (bicyclic) bond motifs is 1. The van der Waals surface area contributed by atoms with Crippen molar-refractivity contribution in [3.8, 4) is 5.75 Å². The number of methoxy groups -OCH3 is 1. The van der Waals surface area contributed by atoms with Crippen LogP contribution >= 0.6 is 23.1 Å². The number of thiazole rings is 1. The molecule has 4 aromatic carbocycles. The summed E-state index contributed by atoms with van der Waals surface area (Å²) >= 11 is 2.17. The molecule has 354 valence electrons. The Morgan fingerprint density at radius 1 is 0.855 bits per heavy atom. The minimum absolute atomic E-state index is 0.00263. The largest absolute Gasteiger partial charge is 0.497 e. The van der Waals surface area contributed by atoms with E-state index in [1.54, 1.807) is 45.0 Å². The molecule has 19 heteroatoms. The molecule has 0 spiro atoms. The van der Waals surface area contributed by atoms with E-state index in [-0.39, 0.29) is 45.1 Å². The van der Waals surface area contributed by atoms with Crippen molar-refractivity contribution in [2.24, 2.45) is 5.16 Å². The number of pyridine rings is 1. The molecule has 2 atom stereocenters. The number of esters is 1. The Hall–Kier alpha value is -7.35. The lowest BCUT2D eigenvalue weighted by Crippen LogP contribution is -2.71. The number of nitrogens with zero attached hydrogens (tertiary/aromatic N) is 4. The third kappa shape index (κ3) is 10.7. The number of carbonyl (C=O) groups excluding carboxylic acids is 4. The first kappa shape index (κ1) is 48.1. The predicted octanol–water partition coefficient (Wildman–Crippen LogP) is 7.48. The van der Waals surface area contributed by atoms with Gasteiger partial charge in [-0.3, -0.25) is 24.8 Å². The zero-order chi connectivity index (χ0) is 48.8. The predicted molar refractivity (Wildman–Crippen MR) is 260 cm³/mol. The van der Waals surface area contributed by atoms with Gasteiger partial charge in [-0.25, -0.2) is 23.0 Å². The highest BCUT2D eigenvalue weighted by Crippen LogP contribution is 2.43. The summed E-state index contributed by atoms with van der Waals surface area (Å²) in [6, 6.07) is 36.5. The number of aromatic nitrogens is 2. The normalized spacial score (nSPS) is 16.1. The first-order chi connectivity index (χ1) is 33.2. The molecule has 1 unspecified atom stereocenters. The Bertz CT molecular complexity index is 2910. The van der Waals surface area contributed by atoms with Gasteiger partial charge in [0.1, 0.15) is 40.8 Å². The van der Waals surface area contributed by atoms with Crippen LogP contribution in [0, 0.1) is 0 Å². The molecule has 2 aromatic heterocycles. The van der Waals surface area contributed by atoms with Crippen LogP contribution in [0.2, 0.25) is 0 Å². The molecule has 0 bridgehead atoms. The van der Waals surface area contributed by atoms with E-state index in [1.165, 1.54) is 48.8 Å². The average molecular weight is 987 g/mol. The lowest BCUT2D eigenvalue weighted by Gasteiger charge is -2.49. The van der Waals surface area contributed by atoms with Gasteiger partial charge in [-0.2, -0.15) is 0 Å². The van der Waals surface area contributed by atoms with Crippen molar-refractivity contribution in [3.63, 3.8) is 0 Å². The van der Waals surface area contributed by atoms with Gasteiger partial charge in [-0.05, 0) is 56.2 Å². The number of ether oxygens (including phenoxy) is 3. The molecule has 16 nitrogen and oxygen atoms in total. The van der Waals surface area contributed by atoms with Gasteiger partial charge in [0.15, 0.2) is 20.7 Å². The van der Waals surface area contributed by atoms with Crippen molar-refractivity contribution < 1.29 is 46.6 Å². The number of rotatable bonds is 16. The van der Waals surface area contributed by atoms with Crippen LogP contribution in [0.15, 0.2) is 166 Å². The van der Waals surface area contributed by atoms with Crippen LogP contribution in [0.25, 0.3) is 0 Å². The quantitative estimate of drug-likeness (QED) is 0.0318. The molecule has 2 aliphatic heterocycles. The molecule has 8 rings (SSSR count). The van der Waals surface area contributed by atoms with E-state index in [1.807, 2.05) is 91.0 Å². The van der Waals surface area contributed by atoms with Crippen molar-refractivity contribution in [1.82, 2.24) is 20.2 Å². The van der Waals surface area contributed by atoms with Crippen LogP contribution in [0.4, 0.5) is 9.93 Å². The van der Waals surface area contributed by atoms with Crippen LogP contribution < -0.4 is 15.4 Å². The van der Waals surface area contributed by atoms with Crippen molar-refractivity contribution in [1.29, 1.82) is 0 Å². The second kappa shape index (κ2) is 20.5. The lowest BCUT2D eigenvalue weighted by molar-refractivity contribution is -0.153. The minimum atomic E-state index is -4.04. The van der Waals surface area contributed by atoms with Gasteiger partial charge in [-0.15, -0.1) is 23.1 Å². The molecule has 1 fully saturated rings. The number of oxime groups is 1. The summed E-state index contributed by atoms with van der Waals surface area (Å²) in [7, 11) is -2.51. The molecule has 2 aliphatic rings. The molecule has 69 heavy (non-hydrogen) atoms. The fraction of sp³-hybridized carbons (Fsp3) is 0.220. The zero-order valence-corrected chi connectivity index (χ0v) is 40.2. The molecule has 0 saturated carbocycles. The van der Waals surface area contributed by atoms with Gasteiger partial charge in [-0.1, -0.05) is 108 Å². The minimum Gasteiger partial charge on any atom is -0.497 e. The number of thioether (sulfide) groups is 1. The van der Waals surface area contributed by atoms with Crippen molar-refractivity contribution in [2.45, 2.75) is 54.9 Å². The SMILES string of the molecule is COc1ccc(COC(=O)C2=C(CS(=O)(=O)c3cccnc3)CS[C@@H]3C(NC(=O)/C(=N\OC(c4ccccc4)(c4ccccc4)c4ccccc4)c4csc(NC(=O)OC(C)(C)C)n4)C(=O)N23)cc1. The second-order valence-corrected chi connectivity index (χ2v) is 20.6. The van der Waals surface area contributed by atoms with Crippen molar-refractivity contribution in [2.75, 3.05) is 23.9 Å². The first-order valence-corrected chi connectivity index (χ1v) is 25.0. The maximum atomic E-state index is 14.8. The van der Waals surface area contributed by atoms with Crippen LogP contribution in [0.1, 0.15) is 48.7 Å². The molecule has 4 heterocycles.